The molecule has 1 aromatic heterocycles. The van der Waals surface area contributed by atoms with E-state index in [-0.39, 0.29) is 16.9 Å². The highest BCUT2D eigenvalue weighted by Gasteiger charge is 2.27. The van der Waals surface area contributed by atoms with Gasteiger partial charge in [0.1, 0.15) is 11.6 Å². The molecule has 1 saturated heterocycles. The molecule has 0 radical (unpaired) electrons. The third-order valence-electron chi connectivity index (χ3n) is 7.36. The van der Waals surface area contributed by atoms with Crippen molar-refractivity contribution in [3.63, 3.8) is 0 Å². The van der Waals surface area contributed by atoms with Gasteiger partial charge in [0.15, 0.2) is 0 Å². The molecule has 0 aliphatic carbocycles. The van der Waals surface area contributed by atoms with Gasteiger partial charge in [0.25, 0.3) is 0 Å². The smallest absolute Gasteiger partial charge is 0.410 e. The first-order chi connectivity index (χ1) is 19.1. The molecular weight excluding hydrogens is 542 g/mol. The standard InChI is InChI=1S/C30H41N5O5S/c1-20-9-10-23(33-13-15-34(16-14-33)29(37)40-30(4,5)6)17-26(20)31-28(36)22(3)35-19-21(2)25-12-11-24(18-27(25)35)41(38,39)32(7)8/h9-12,17-19,22H,13-16H2,1-8H3,(H,31,36). The van der Waals surface area contributed by atoms with E-state index in [2.05, 4.69) is 10.2 Å². The van der Waals surface area contributed by atoms with Crippen molar-refractivity contribution in [1.82, 2.24) is 13.8 Å². The van der Waals surface area contributed by atoms with Crippen LogP contribution in [0, 0.1) is 13.8 Å². The molecule has 1 fully saturated rings. The predicted molar refractivity (Wildman–Crippen MR) is 162 cm³/mol. The largest absolute Gasteiger partial charge is 0.444 e. The van der Waals surface area contributed by atoms with Crippen molar-refractivity contribution >= 4 is 44.3 Å². The van der Waals surface area contributed by atoms with Gasteiger partial charge < -0.3 is 24.4 Å². The molecule has 1 aliphatic heterocycles. The van der Waals surface area contributed by atoms with Crippen LogP contribution < -0.4 is 10.2 Å². The monoisotopic (exact) mass is 583 g/mol. The van der Waals surface area contributed by atoms with Crippen molar-refractivity contribution in [2.75, 3.05) is 50.5 Å². The normalized spacial score (nSPS) is 15.3. The number of hydrogen-bond acceptors (Lipinski definition) is 6. The van der Waals surface area contributed by atoms with Gasteiger partial charge in [-0.25, -0.2) is 17.5 Å². The molecule has 2 heterocycles. The van der Waals surface area contributed by atoms with Gasteiger partial charge in [-0.1, -0.05) is 12.1 Å². The zero-order valence-electron chi connectivity index (χ0n) is 25.2. The van der Waals surface area contributed by atoms with Gasteiger partial charge in [0, 0.05) is 63.2 Å². The number of aryl methyl sites for hydroxylation is 2. The lowest BCUT2D eigenvalue weighted by molar-refractivity contribution is -0.118. The molecule has 0 spiro atoms. The molecule has 2 amide bonds. The summed E-state index contributed by atoms with van der Waals surface area (Å²) in [5.74, 6) is -0.210. The summed E-state index contributed by atoms with van der Waals surface area (Å²) < 4.78 is 34.0. The lowest BCUT2D eigenvalue weighted by Crippen LogP contribution is -2.50. The molecule has 2 aromatic carbocycles. The summed E-state index contributed by atoms with van der Waals surface area (Å²) in [6.07, 6.45) is 1.58. The van der Waals surface area contributed by atoms with Gasteiger partial charge >= 0.3 is 6.09 Å². The highest BCUT2D eigenvalue weighted by molar-refractivity contribution is 7.89. The summed E-state index contributed by atoms with van der Waals surface area (Å²) in [5, 5.41) is 3.97. The van der Waals surface area contributed by atoms with Crippen LogP contribution in [0.25, 0.3) is 10.9 Å². The number of rotatable bonds is 6. The van der Waals surface area contributed by atoms with Gasteiger partial charge in [0.2, 0.25) is 15.9 Å². The molecule has 1 aliphatic rings. The molecule has 1 unspecified atom stereocenters. The Morgan fingerprint density at radius 1 is 0.976 bits per heavy atom. The Hall–Kier alpha value is -3.57. The number of hydrogen-bond donors (Lipinski definition) is 1. The molecule has 0 saturated carbocycles. The number of fused-ring (bicyclic) bond motifs is 1. The number of nitrogens with zero attached hydrogens (tertiary/aromatic N) is 4. The van der Waals surface area contributed by atoms with Crippen molar-refractivity contribution in [3.8, 4) is 0 Å². The van der Waals surface area contributed by atoms with Gasteiger partial charge in [-0.15, -0.1) is 0 Å². The molecule has 10 nitrogen and oxygen atoms in total. The third kappa shape index (κ3) is 6.51. The number of amides is 2. The molecule has 1 atom stereocenters. The van der Waals surface area contributed by atoms with Crippen LogP contribution in [-0.4, -0.2) is 80.1 Å². The molecule has 11 heteroatoms. The Labute approximate surface area is 242 Å². The first-order valence-electron chi connectivity index (χ1n) is 13.8. The first kappa shape index (κ1) is 30.4. The molecule has 222 valence electrons. The highest BCUT2D eigenvalue weighted by Crippen LogP contribution is 2.30. The molecule has 3 aromatic rings. The van der Waals surface area contributed by atoms with Crippen LogP contribution in [0.3, 0.4) is 0 Å². The van der Waals surface area contributed by atoms with Crippen molar-refractivity contribution < 1.29 is 22.7 Å². The fraction of sp³-hybridized carbons (Fsp3) is 0.467. The quantitative estimate of drug-likeness (QED) is 0.449. The van der Waals surface area contributed by atoms with Crippen LogP contribution in [0.4, 0.5) is 16.2 Å². The van der Waals surface area contributed by atoms with Gasteiger partial charge in [0.05, 0.1) is 10.4 Å². The van der Waals surface area contributed by atoms with Crippen LogP contribution in [-0.2, 0) is 19.6 Å². The number of sulfonamides is 1. The van der Waals surface area contributed by atoms with E-state index in [4.69, 9.17) is 4.74 Å². The maximum absolute atomic E-state index is 13.5. The number of piperazine rings is 1. The van der Waals surface area contributed by atoms with Crippen molar-refractivity contribution in [1.29, 1.82) is 0 Å². The number of benzene rings is 2. The summed E-state index contributed by atoms with van der Waals surface area (Å²) in [5.41, 5.74) is 3.70. The highest BCUT2D eigenvalue weighted by atomic mass is 32.2. The van der Waals surface area contributed by atoms with Crippen molar-refractivity contribution in [2.45, 2.75) is 58.1 Å². The number of carbonyl (C=O) groups is 2. The minimum Gasteiger partial charge on any atom is -0.444 e. The number of anilines is 2. The van der Waals surface area contributed by atoms with E-state index in [1.54, 1.807) is 30.0 Å². The van der Waals surface area contributed by atoms with E-state index >= 15 is 0 Å². The lowest BCUT2D eigenvalue weighted by atomic mass is 10.1. The average Bonchev–Trinajstić information content (AvgIpc) is 3.24. The average molecular weight is 584 g/mol. The zero-order valence-corrected chi connectivity index (χ0v) is 26.0. The lowest BCUT2D eigenvalue weighted by Gasteiger charge is -2.37. The fourth-order valence-corrected chi connectivity index (χ4v) is 5.80. The van der Waals surface area contributed by atoms with Crippen LogP contribution in [0.1, 0.15) is 44.9 Å². The molecular formula is C30H41N5O5S. The minimum atomic E-state index is -3.62. The van der Waals surface area contributed by atoms with Gasteiger partial charge in [-0.2, -0.15) is 0 Å². The van der Waals surface area contributed by atoms with E-state index in [0.29, 0.717) is 37.4 Å². The van der Waals surface area contributed by atoms with Gasteiger partial charge in [-0.05, 0) is 76.9 Å². The number of ether oxygens (including phenoxy) is 1. The van der Waals surface area contributed by atoms with Gasteiger partial charge in [-0.3, -0.25) is 4.79 Å². The predicted octanol–water partition coefficient (Wildman–Crippen LogP) is 4.77. The van der Waals surface area contributed by atoms with Crippen molar-refractivity contribution in [2.24, 2.45) is 0 Å². The molecule has 41 heavy (non-hydrogen) atoms. The summed E-state index contributed by atoms with van der Waals surface area (Å²) in [6, 6.07) is 10.4. The number of carbonyl (C=O) groups excluding carboxylic acids is 2. The Bertz CT molecular complexity index is 1560. The van der Waals surface area contributed by atoms with E-state index in [9.17, 15) is 18.0 Å². The minimum absolute atomic E-state index is 0.178. The summed E-state index contributed by atoms with van der Waals surface area (Å²) in [4.78, 5) is 30.0. The van der Waals surface area contributed by atoms with E-state index in [1.807, 2.05) is 63.6 Å². The summed E-state index contributed by atoms with van der Waals surface area (Å²) >= 11 is 0. The molecule has 0 bridgehead atoms. The topological polar surface area (TPSA) is 104 Å². The number of aromatic nitrogens is 1. The number of nitrogens with one attached hydrogen (secondary N) is 1. The summed E-state index contributed by atoms with van der Waals surface area (Å²) in [6.45, 7) is 13.7. The van der Waals surface area contributed by atoms with Crippen LogP contribution in [0.2, 0.25) is 0 Å². The SMILES string of the molecule is Cc1ccc(N2CCN(C(=O)OC(C)(C)C)CC2)cc1NC(=O)C(C)n1cc(C)c2ccc(S(=O)(=O)N(C)C)cc21. The second-order valence-electron chi connectivity index (χ2n) is 11.8. The molecule has 1 N–H and O–H groups in total. The zero-order chi connectivity index (χ0) is 30.3. The van der Waals surface area contributed by atoms with E-state index in [1.165, 1.54) is 18.4 Å². The van der Waals surface area contributed by atoms with E-state index in [0.717, 1.165) is 22.2 Å². The van der Waals surface area contributed by atoms with Crippen molar-refractivity contribution in [3.05, 3.63) is 53.7 Å². The Kier molecular flexibility index (Phi) is 8.42. The second-order valence-corrected chi connectivity index (χ2v) is 14.0. The maximum atomic E-state index is 13.5. The van der Waals surface area contributed by atoms with Crippen LogP contribution >= 0.6 is 0 Å². The fourth-order valence-electron chi connectivity index (χ4n) is 4.88. The molecule has 4 rings (SSSR count). The Morgan fingerprint density at radius 2 is 1.63 bits per heavy atom. The third-order valence-corrected chi connectivity index (χ3v) is 9.17. The Balaban J connectivity index is 1.51. The summed E-state index contributed by atoms with van der Waals surface area (Å²) in [7, 11) is -0.627. The first-order valence-corrected chi connectivity index (χ1v) is 15.2. The second kappa shape index (κ2) is 11.4. The Morgan fingerprint density at radius 3 is 2.24 bits per heavy atom. The maximum Gasteiger partial charge on any atom is 0.410 e. The van der Waals surface area contributed by atoms with Crippen LogP contribution in [0.15, 0.2) is 47.5 Å². The van der Waals surface area contributed by atoms with E-state index < -0.39 is 21.7 Å². The van der Waals surface area contributed by atoms with Crippen LogP contribution in [0.5, 0.6) is 0 Å².